The number of imidazole rings is 1. The van der Waals surface area contributed by atoms with Gasteiger partial charge in [0.15, 0.2) is 11.5 Å². The van der Waals surface area contributed by atoms with Crippen molar-refractivity contribution in [1.29, 1.82) is 0 Å². The van der Waals surface area contributed by atoms with Crippen LogP contribution >= 0.6 is 0 Å². The van der Waals surface area contributed by atoms with Gasteiger partial charge in [-0.25, -0.2) is 15.0 Å². The third kappa shape index (κ3) is 7.59. The lowest BCUT2D eigenvalue weighted by atomic mass is 9.90. The number of aromatic nitrogens is 5. The molecule has 59 heavy (non-hydrogen) atoms. The number of hydrogen-bond acceptors (Lipinski definition) is 7. The first-order valence-corrected chi connectivity index (χ1v) is 20.8. The number of carbonyl (C=O) groups excluding carboxylic acids is 2. The average molecular weight is 799 g/mol. The first-order chi connectivity index (χ1) is 28.6. The van der Waals surface area contributed by atoms with Gasteiger partial charge in [0.1, 0.15) is 11.4 Å². The van der Waals surface area contributed by atoms with Crippen molar-refractivity contribution in [2.24, 2.45) is 0 Å². The summed E-state index contributed by atoms with van der Waals surface area (Å²) in [5.74, 6) is 0.715. The monoisotopic (exact) mass is 798 g/mol. The molecule has 0 radical (unpaired) electrons. The minimum absolute atomic E-state index is 0.0111. The summed E-state index contributed by atoms with van der Waals surface area (Å²) in [5, 5.41) is 3.02. The van der Waals surface area contributed by atoms with Crippen LogP contribution in [0.3, 0.4) is 0 Å². The number of halogens is 2. The molecule has 0 aliphatic carbocycles. The van der Waals surface area contributed by atoms with Gasteiger partial charge in [-0.05, 0) is 68.6 Å². The third-order valence-electron chi connectivity index (χ3n) is 12.3. The van der Waals surface area contributed by atoms with Crippen molar-refractivity contribution >= 4 is 47.4 Å². The van der Waals surface area contributed by atoms with Crippen LogP contribution in [0.5, 0.6) is 0 Å². The van der Waals surface area contributed by atoms with Crippen molar-refractivity contribution in [3.05, 3.63) is 114 Å². The van der Waals surface area contributed by atoms with Crippen LogP contribution in [0, 0.1) is 13.8 Å². The summed E-state index contributed by atoms with van der Waals surface area (Å²) in [7, 11) is 0. The number of hydrogen-bond donors (Lipinski definition) is 1. The van der Waals surface area contributed by atoms with E-state index in [-0.39, 0.29) is 24.7 Å². The lowest BCUT2D eigenvalue weighted by molar-refractivity contribution is -0.362. The zero-order chi connectivity index (χ0) is 40.7. The van der Waals surface area contributed by atoms with Gasteiger partial charge in [0, 0.05) is 119 Å². The van der Waals surface area contributed by atoms with Crippen LogP contribution in [0.2, 0.25) is 0 Å². The molecule has 304 valence electrons. The van der Waals surface area contributed by atoms with Crippen molar-refractivity contribution in [3.8, 4) is 11.3 Å². The molecule has 0 bridgehead atoms. The van der Waals surface area contributed by atoms with Gasteiger partial charge < -0.3 is 37.3 Å². The number of rotatable bonds is 11. The predicted octanol–water partition coefficient (Wildman–Crippen LogP) is 5.93. The third-order valence-corrected chi connectivity index (χ3v) is 12.3. The molecular formula is C44H49BF2N10O2. The van der Waals surface area contributed by atoms with Gasteiger partial charge >= 0.3 is 6.97 Å². The maximum absolute atomic E-state index is 15.9. The molecular weight excluding hydrogens is 749 g/mol. The number of nitrogens with one attached hydrogen (secondary N) is 1. The van der Waals surface area contributed by atoms with Gasteiger partial charge in [0.25, 0.3) is 5.91 Å². The Labute approximate surface area is 342 Å². The molecule has 2 aromatic carbocycles. The first-order valence-electron chi connectivity index (χ1n) is 20.8. The largest absolute Gasteiger partial charge is 0.737 e. The van der Waals surface area contributed by atoms with Crippen molar-refractivity contribution in [2.75, 3.05) is 50.7 Å². The Hall–Kier alpha value is -5.96. The molecule has 7 heterocycles. The highest BCUT2D eigenvalue weighted by molar-refractivity contribution is 6.58. The number of anilines is 1. The first kappa shape index (κ1) is 38.6. The van der Waals surface area contributed by atoms with Gasteiger partial charge in [-0.15, -0.1) is 0 Å². The Morgan fingerprint density at radius 1 is 0.932 bits per heavy atom. The Kier molecular flexibility index (Phi) is 10.5. The number of piperazine rings is 1. The van der Waals surface area contributed by atoms with Crippen LogP contribution in [0.15, 0.2) is 91.2 Å². The maximum atomic E-state index is 15.9. The molecule has 4 aliphatic heterocycles. The van der Waals surface area contributed by atoms with E-state index in [2.05, 4.69) is 20.1 Å². The molecule has 2 fully saturated rings. The Morgan fingerprint density at radius 2 is 1.73 bits per heavy atom. The molecule has 0 atom stereocenters. The van der Waals surface area contributed by atoms with E-state index in [4.69, 9.17) is 9.97 Å². The van der Waals surface area contributed by atoms with E-state index in [0.29, 0.717) is 59.6 Å². The zero-order valence-electron chi connectivity index (χ0n) is 33.6. The average Bonchev–Trinajstić information content (AvgIpc) is 4.01. The quantitative estimate of drug-likeness (QED) is 0.131. The summed E-state index contributed by atoms with van der Waals surface area (Å²) in [6, 6.07) is 17.8. The van der Waals surface area contributed by atoms with E-state index in [0.717, 1.165) is 89.1 Å². The highest BCUT2D eigenvalue weighted by Crippen LogP contribution is 2.35. The molecule has 3 aromatic heterocycles. The van der Waals surface area contributed by atoms with E-state index >= 15 is 8.63 Å². The van der Waals surface area contributed by atoms with E-state index in [9.17, 15) is 9.59 Å². The Morgan fingerprint density at radius 3 is 2.49 bits per heavy atom. The van der Waals surface area contributed by atoms with E-state index < -0.39 is 6.97 Å². The summed E-state index contributed by atoms with van der Waals surface area (Å²) in [6.45, 7) is 5.34. The number of piperidine rings is 1. The smallest absolute Gasteiger partial charge is 0.394 e. The summed E-state index contributed by atoms with van der Waals surface area (Å²) in [5.41, 5.74) is 6.63. The highest BCUT2D eigenvalue weighted by Gasteiger charge is 2.52. The minimum Gasteiger partial charge on any atom is -0.394 e. The minimum atomic E-state index is -4.04. The SMILES string of the molecule is Cc1cc(C)n2c1C=C1C=CC(CCC(=O)N3CCN(C4CCN(c5nc6ccc(C(=O)NCCCn7ccnc7)cc6nc5-c5ccccc5)CC4)CC3)=[N+]1[B-]2(F)F. The standard InChI is InChI=1S/C44H49BF2N10O2/c1-31-27-32(2)56-40(31)29-37-11-10-36(57(37)45(56,46)47)12-14-41(58)54-25-23-53(24-26-54)35-15-20-55(21-16-35)43-42(33-7-4-3-5-8-33)50-39-28-34(9-13-38(39)51-43)44(59)49-17-6-19-52-22-18-48-30-52/h3-5,7-11,13,18,22,27-30,35H,6,12,14-17,19-21,23-26H2,1-2H3,(H,49,59). The fourth-order valence-corrected chi connectivity index (χ4v) is 9.25. The molecule has 0 unspecified atom stereocenters. The van der Waals surface area contributed by atoms with E-state index in [1.807, 2.05) is 77.2 Å². The van der Waals surface area contributed by atoms with Crippen molar-refractivity contribution in [3.63, 3.8) is 0 Å². The summed E-state index contributed by atoms with van der Waals surface area (Å²) in [4.78, 5) is 47.5. The summed E-state index contributed by atoms with van der Waals surface area (Å²) in [6.07, 6.45) is 13.9. The molecule has 15 heteroatoms. The predicted molar refractivity (Wildman–Crippen MR) is 226 cm³/mol. The number of allylic oxidation sites excluding steroid dienone is 2. The summed E-state index contributed by atoms with van der Waals surface area (Å²) < 4.78 is 36.1. The van der Waals surface area contributed by atoms with E-state index in [1.54, 1.807) is 37.7 Å². The molecule has 5 aromatic rings. The van der Waals surface area contributed by atoms with Gasteiger partial charge in [-0.2, -0.15) is 0 Å². The molecule has 1 N–H and O–H groups in total. The molecule has 9 rings (SSSR count). The maximum Gasteiger partial charge on any atom is 0.737 e. The number of amides is 2. The van der Waals surface area contributed by atoms with Gasteiger partial charge in [0.05, 0.1) is 17.4 Å². The number of fused-ring (bicyclic) bond motifs is 3. The normalized spacial score (nSPS) is 18.0. The Bertz CT molecular complexity index is 2480. The van der Waals surface area contributed by atoms with Crippen LogP contribution in [0.4, 0.5) is 14.4 Å². The number of nitrogens with zero attached hydrogens (tertiary/aromatic N) is 9. The zero-order valence-corrected chi connectivity index (χ0v) is 33.6. The molecule has 0 saturated carbocycles. The van der Waals surface area contributed by atoms with Gasteiger partial charge in [-0.3, -0.25) is 14.5 Å². The number of aryl methyl sites for hydroxylation is 3. The van der Waals surface area contributed by atoms with Crippen LogP contribution in [0.1, 0.15) is 59.4 Å². The molecule has 2 amide bonds. The van der Waals surface area contributed by atoms with Gasteiger partial charge in [0.2, 0.25) is 5.91 Å². The fourth-order valence-electron chi connectivity index (χ4n) is 9.25. The topological polar surface area (TPSA) is 107 Å². The van der Waals surface area contributed by atoms with Crippen LogP contribution in [-0.4, -0.2) is 115 Å². The van der Waals surface area contributed by atoms with Crippen LogP contribution in [0.25, 0.3) is 28.4 Å². The van der Waals surface area contributed by atoms with Crippen LogP contribution in [-0.2, 0) is 11.3 Å². The summed E-state index contributed by atoms with van der Waals surface area (Å²) >= 11 is 0. The van der Waals surface area contributed by atoms with Crippen molar-refractivity contribution < 1.29 is 22.7 Å². The van der Waals surface area contributed by atoms with Gasteiger partial charge in [-0.1, -0.05) is 30.3 Å². The highest BCUT2D eigenvalue weighted by atomic mass is 19.2. The van der Waals surface area contributed by atoms with Crippen LogP contribution < -0.4 is 10.2 Å². The molecule has 4 aliphatic rings. The Balaban J connectivity index is 0.806. The number of carbonyl (C=O) groups is 2. The second-order valence-corrected chi connectivity index (χ2v) is 16.1. The van der Waals surface area contributed by atoms with Crippen molar-refractivity contribution in [1.82, 2.24) is 39.1 Å². The molecule has 2 saturated heterocycles. The second kappa shape index (κ2) is 16.0. The fraction of sp³-hybridized carbons (Fsp3) is 0.364. The van der Waals surface area contributed by atoms with E-state index in [1.165, 1.54) is 0 Å². The molecule has 12 nitrogen and oxygen atoms in total. The number of benzene rings is 2. The lowest BCUT2D eigenvalue weighted by Crippen LogP contribution is -2.54. The molecule has 0 spiro atoms. The van der Waals surface area contributed by atoms with Crippen molar-refractivity contribution in [2.45, 2.75) is 58.5 Å². The lowest BCUT2D eigenvalue weighted by Gasteiger charge is -2.43. The second-order valence-electron chi connectivity index (χ2n) is 16.1.